The first-order valence-corrected chi connectivity index (χ1v) is 4.32. The average Bonchev–Trinajstić information content (AvgIpc) is 1.88. The minimum atomic E-state index is 0.687. The SMILES string of the molecule is CCNC(CC)CCS. The summed E-state index contributed by atoms with van der Waals surface area (Å²) in [7, 11) is 0. The molecule has 1 nitrogen and oxygen atoms in total. The van der Waals surface area contributed by atoms with Crippen LogP contribution in [0.5, 0.6) is 0 Å². The first kappa shape index (κ1) is 9.31. The van der Waals surface area contributed by atoms with Gasteiger partial charge in [-0.15, -0.1) is 0 Å². The second-order valence-electron chi connectivity index (χ2n) is 2.18. The van der Waals surface area contributed by atoms with E-state index in [4.69, 9.17) is 0 Å². The van der Waals surface area contributed by atoms with E-state index in [1.54, 1.807) is 0 Å². The van der Waals surface area contributed by atoms with Gasteiger partial charge in [0.15, 0.2) is 0 Å². The van der Waals surface area contributed by atoms with Crippen LogP contribution >= 0.6 is 12.6 Å². The van der Waals surface area contributed by atoms with Gasteiger partial charge in [0.05, 0.1) is 0 Å². The van der Waals surface area contributed by atoms with Crippen LogP contribution in [0, 0.1) is 0 Å². The van der Waals surface area contributed by atoms with Crippen LogP contribution in [0.2, 0.25) is 0 Å². The topological polar surface area (TPSA) is 12.0 Å². The van der Waals surface area contributed by atoms with Crippen molar-refractivity contribution in [3.05, 3.63) is 0 Å². The molecule has 2 heteroatoms. The molecule has 0 rings (SSSR count). The van der Waals surface area contributed by atoms with Gasteiger partial charge in [-0.1, -0.05) is 13.8 Å². The number of hydrogen-bond donors (Lipinski definition) is 2. The summed E-state index contributed by atoms with van der Waals surface area (Å²) in [5, 5.41) is 3.38. The Labute approximate surface area is 63.6 Å². The standard InChI is InChI=1S/C7H17NS/c1-3-7(5-6-9)8-4-2/h7-9H,3-6H2,1-2H3. The third-order valence-electron chi connectivity index (χ3n) is 1.46. The average molecular weight is 147 g/mol. The molecule has 0 saturated carbocycles. The summed E-state index contributed by atoms with van der Waals surface area (Å²) in [6.07, 6.45) is 2.40. The molecule has 0 amide bonds. The van der Waals surface area contributed by atoms with Gasteiger partial charge in [0.1, 0.15) is 0 Å². The molecule has 0 aromatic carbocycles. The van der Waals surface area contributed by atoms with Crippen LogP contribution in [0.4, 0.5) is 0 Å². The first-order valence-electron chi connectivity index (χ1n) is 3.69. The Morgan fingerprint density at radius 3 is 2.44 bits per heavy atom. The fourth-order valence-electron chi connectivity index (χ4n) is 0.895. The molecule has 0 aliphatic heterocycles. The Kier molecular flexibility index (Phi) is 6.65. The quantitative estimate of drug-likeness (QED) is 0.564. The van der Waals surface area contributed by atoms with Gasteiger partial charge in [-0.2, -0.15) is 12.6 Å². The lowest BCUT2D eigenvalue weighted by Gasteiger charge is -2.13. The van der Waals surface area contributed by atoms with E-state index in [2.05, 4.69) is 31.8 Å². The molecule has 56 valence electrons. The smallest absolute Gasteiger partial charge is 0.00720 e. The van der Waals surface area contributed by atoms with Crippen LogP contribution < -0.4 is 5.32 Å². The van der Waals surface area contributed by atoms with E-state index in [0.29, 0.717) is 6.04 Å². The molecular weight excluding hydrogens is 130 g/mol. The van der Waals surface area contributed by atoms with Crippen molar-refractivity contribution < 1.29 is 0 Å². The summed E-state index contributed by atoms with van der Waals surface area (Å²) in [5.74, 6) is 0.992. The largest absolute Gasteiger partial charge is 0.314 e. The fourth-order valence-corrected chi connectivity index (χ4v) is 1.21. The van der Waals surface area contributed by atoms with Gasteiger partial charge in [-0.05, 0) is 25.1 Å². The van der Waals surface area contributed by atoms with Crippen molar-refractivity contribution in [2.45, 2.75) is 32.7 Å². The third-order valence-corrected chi connectivity index (χ3v) is 1.72. The molecule has 0 aliphatic carbocycles. The van der Waals surface area contributed by atoms with Crippen LogP contribution in [0.15, 0.2) is 0 Å². The predicted octanol–water partition coefficient (Wildman–Crippen LogP) is 1.69. The number of nitrogens with one attached hydrogen (secondary N) is 1. The van der Waals surface area contributed by atoms with Gasteiger partial charge in [0, 0.05) is 6.04 Å². The van der Waals surface area contributed by atoms with Gasteiger partial charge < -0.3 is 5.32 Å². The van der Waals surface area contributed by atoms with E-state index in [1.807, 2.05) is 0 Å². The van der Waals surface area contributed by atoms with Crippen LogP contribution in [0.3, 0.4) is 0 Å². The lowest BCUT2D eigenvalue weighted by atomic mass is 10.2. The highest BCUT2D eigenvalue weighted by Gasteiger charge is 2.00. The Morgan fingerprint density at radius 1 is 1.44 bits per heavy atom. The summed E-state index contributed by atoms with van der Waals surface area (Å²) in [6.45, 7) is 5.42. The molecule has 1 atom stereocenters. The zero-order chi connectivity index (χ0) is 7.11. The lowest BCUT2D eigenvalue weighted by Crippen LogP contribution is -2.28. The summed E-state index contributed by atoms with van der Waals surface area (Å²) >= 11 is 4.17. The highest BCUT2D eigenvalue weighted by Crippen LogP contribution is 1.97. The molecule has 9 heavy (non-hydrogen) atoms. The molecule has 0 aromatic heterocycles. The van der Waals surface area contributed by atoms with Crippen molar-refractivity contribution in [3.8, 4) is 0 Å². The first-order chi connectivity index (χ1) is 4.35. The Hall–Kier alpha value is 0.310. The molecule has 0 aliphatic rings. The van der Waals surface area contributed by atoms with E-state index in [1.165, 1.54) is 12.8 Å². The molecular formula is C7H17NS. The van der Waals surface area contributed by atoms with Crippen molar-refractivity contribution in [2.24, 2.45) is 0 Å². The molecule has 0 spiro atoms. The minimum Gasteiger partial charge on any atom is -0.314 e. The van der Waals surface area contributed by atoms with E-state index in [0.717, 1.165) is 12.3 Å². The minimum absolute atomic E-state index is 0.687. The maximum atomic E-state index is 4.17. The van der Waals surface area contributed by atoms with Crippen LogP contribution in [-0.4, -0.2) is 18.3 Å². The van der Waals surface area contributed by atoms with Crippen LogP contribution in [0.25, 0.3) is 0 Å². The molecule has 1 N–H and O–H groups in total. The van der Waals surface area contributed by atoms with Crippen molar-refractivity contribution >= 4 is 12.6 Å². The summed E-state index contributed by atoms with van der Waals surface area (Å²) in [5.41, 5.74) is 0. The normalized spacial score (nSPS) is 13.7. The predicted molar refractivity (Wildman–Crippen MR) is 46.2 cm³/mol. The molecule has 0 radical (unpaired) electrons. The van der Waals surface area contributed by atoms with E-state index in [-0.39, 0.29) is 0 Å². The second kappa shape index (κ2) is 6.43. The van der Waals surface area contributed by atoms with Crippen molar-refractivity contribution in [1.82, 2.24) is 5.32 Å². The van der Waals surface area contributed by atoms with Gasteiger partial charge in [-0.3, -0.25) is 0 Å². The Bertz CT molecular complexity index is 50.9. The van der Waals surface area contributed by atoms with Gasteiger partial charge in [0.2, 0.25) is 0 Å². The molecule has 0 fully saturated rings. The maximum absolute atomic E-state index is 4.17. The summed E-state index contributed by atoms with van der Waals surface area (Å²) in [6, 6.07) is 0.687. The van der Waals surface area contributed by atoms with Crippen molar-refractivity contribution in [2.75, 3.05) is 12.3 Å². The highest BCUT2D eigenvalue weighted by atomic mass is 32.1. The van der Waals surface area contributed by atoms with Crippen LogP contribution in [0.1, 0.15) is 26.7 Å². The van der Waals surface area contributed by atoms with Gasteiger partial charge in [0.25, 0.3) is 0 Å². The summed E-state index contributed by atoms with van der Waals surface area (Å²) in [4.78, 5) is 0. The molecule has 1 unspecified atom stereocenters. The van der Waals surface area contributed by atoms with Crippen LogP contribution in [-0.2, 0) is 0 Å². The third kappa shape index (κ3) is 4.79. The van der Waals surface area contributed by atoms with E-state index < -0.39 is 0 Å². The zero-order valence-electron chi connectivity index (χ0n) is 6.35. The molecule has 0 bridgehead atoms. The number of rotatable bonds is 5. The maximum Gasteiger partial charge on any atom is 0.00720 e. The summed E-state index contributed by atoms with van der Waals surface area (Å²) < 4.78 is 0. The molecule has 0 saturated heterocycles. The highest BCUT2D eigenvalue weighted by molar-refractivity contribution is 7.80. The number of hydrogen-bond acceptors (Lipinski definition) is 2. The monoisotopic (exact) mass is 147 g/mol. The van der Waals surface area contributed by atoms with Gasteiger partial charge >= 0.3 is 0 Å². The second-order valence-corrected chi connectivity index (χ2v) is 2.62. The number of thiol groups is 1. The lowest BCUT2D eigenvalue weighted by molar-refractivity contribution is 0.503. The fraction of sp³-hybridized carbons (Fsp3) is 1.00. The van der Waals surface area contributed by atoms with E-state index in [9.17, 15) is 0 Å². The molecule has 0 aromatic rings. The Balaban J connectivity index is 3.18. The van der Waals surface area contributed by atoms with Crippen molar-refractivity contribution in [3.63, 3.8) is 0 Å². The van der Waals surface area contributed by atoms with Gasteiger partial charge in [-0.25, -0.2) is 0 Å². The van der Waals surface area contributed by atoms with Crippen molar-refractivity contribution in [1.29, 1.82) is 0 Å². The van der Waals surface area contributed by atoms with E-state index >= 15 is 0 Å². The Morgan fingerprint density at radius 2 is 2.11 bits per heavy atom. The molecule has 0 heterocycles. The zero-order valence-corrected chi connectivity index (χ0v) is 7.25.